The van der Waals surface area contributed by atoms with Gasteiger partial charge in [0.05, 0.1) is 9.77 Å². The Balaban J connectivity index is 2.30. The van der Waals surface area contributed by atoms with Gasteiger partial charge in [0, 0.05) is 0 Å². The molecule has 76 valence electrons. The fourth-order valence-electron chi connectivity index (χ4n) is 1.01. The van der Waals surface area contributed by atoms with Gasteiger partial charge in [-0.1, -0.05) is 23.7 Å². The van der Waals surface area contributed by atoms with E-state index in [-0.39, 0.29) is 0 Å². The van der Waals surface area contributed by atoms with Crippen LogP contribution in [0.3, 0.4) is 0 Å². The molecule has 0 aliphatic carbocycles. The van der Waals surface area contributed by atoms with Crippen LogP contribution in [0.5, 0.6) is 11.6 Å². The predicted molar refractivity (Wildman–Crippen MR) is 66.3 cm³/mol. The Morgan fingerprint density at radius 2 is 2.07 bits per heavy atom. The standard InChI is InChI=1S/C10H6ClIN2O/c11-7-5-13-6-14-10(7)15-9-4-2-1-3-8(9)12/h1-6H. The van der Waals surface area contributed by atoms with Gasteiger partial charge < -0.3 is 4.74 Å². The predicted octanol–water partition coefficient (Wildman–Crippen LogP) is 3.53. The smallest absolute Gasteiger partial charge is 0.241 e. The summed E-state index contributed by atoms with van der Waals surface area (Å²) in [4.78, 5) is 7.73. The second-order valence-corrected chi connectivity index (χ2v) is 4.28. The Hall–Kier alpha value is -0.880. The number of nitrogens with zero attached hydrogens (tertiary/aromatic N) is 2. The van der Waals surface area contributed by atoms with Gasteiger partial charge in [-0.15, -0.1) is 0 Å². The van der Waals surface area contributed by atoms with Gasteiger partial charge in [-0.05, 0) is 34.7 Å². The molecule has 0 N–H and O–H groups in total. The molecule has 0 unspecified atom stereocenters. The van der Waals surface area contributed by atoms with Gasteiger partial charge in [0.15, 0.2) is 0 Å². The van der Waals surface area contributed by atoms with Crippen molar-refractivity contribution in [1.82, 2.24) is 9.97 Å². The van der Waals surface area contributed by atoms with Crippen LogP contribution in [0, 0.1) is 3.57 Å². The molecule has 0 fully saturated rings. The molecular weight excluding hydrogens is 326 g/mol. The first kappa shape index (κ1) is 10.6. The number of para-hydroxylation sites is 1. The fourth-order valence-corrected chi connectivity index (χ4v) is 1.65. The molecule has 3 nitrogen and oxygen atoms in total. The lowest BCUT2D eigenvalue weighted by Gasteiger charge is -2.06. The maximum absolute atomic E-state index is 5.87. The van der Waals surface area contributed by atoms with E-state index in [0.717, 1.165) is 9.32 Å². The highest BCUT2D eigenvalue weighted by Crippen LogP contribution is 2.28. The summed E-state index contributed by atoms with van der Waals surface area (Å²) in [6.07, 6.45) is 2.90. The molecule has 2 aromatic rings. The third-order valence-electron chi connectivity index (χ3n) is 1.68. The first-order chi connectivity index (χ1) is 7.27. The van der Waals surface area contributed by atoms with Crippen LogP contribution in [0.25, 0.3) is 0 Å². The first-order valence-electron chi connectivity index (χ1n) is 4.15. The Kier molecular flexibility index (Phi) is 3.37. The summed E-state index contributed by atoms with van der Waals surface area (Å²) in [6, 6.07) is 7.65. The number of rotatable bonds is 2. The Morgan fingerprint density at radius 3 is 2.80 bits per heavy atom. The maximum atomic E-state index is 5.87. The van der Waals surface area contributed by atoms with Crippen LogP contribution in [0.15, 0.2) is 36.8 Å². The van der Waals surface area contributed by atoms with E-state index < -0.39 is 0 Å². The molecule has 1 heterocycles. The molecular formula is C10H6ClIN2O. The van der Waals surface area contributed by atoms with Gasteiger partial charge in [-0.2, -0.15) is 0 Å². The lowest BCUT2D eigenvalue weighted by molar-refractivity contribution is 0.458. The van der Waals surface area contributed by atoms with Crippen molar-refractivity contribution in [3.05, 3.63) is 45.4 Å². The molecule has 0 amide bonds. The van der Waals surface area contributed by atoms with Gasteiger partial charge in [-0.3, -0.25) is 0 Å². The molecule has 1 aromatic heterocycles. The zero-order valence-corrected chi connectivity index (χ0v) is 10.4. The monoisotopic (exact) mass is 332 g/mol. The maximum Gasteiger partial charge on any atom is 0.241 e. The van der Waals surface area contributed by atoms with Crippen LogP contribution in [0.4, 0.5) is 0 Å². The normalized spacial score (nSPS) is 10.0. The SMILES string of the molecule is Clc1cncnc1Oc1ccccc1I. The Labute approximate surface area is 106 Å². The molecule has 1 aromatic carbocycles. The van der Waals surface area contributed by atoms with Crippen LogP contribution in [-0.4, -0.2) is 9.97 Å². The summed E-state index contributed by atoms with van der Waals surface area (Å²) in [6.45, 7) is 0. The zero-order chi connectivity index (χ0) is 10.7. The van der Waals surface area contributed by atoms with E-state index >= 15 is 0 Å². The summed E-state index contributed by atoms with van der Waals surface area (Å²) in [5.41, 5.74) is 0. The molecule has 0 saturated heterocycles. The number of hydrogen-bond donors (Lipinski definition) is 0. The van der Waals surface area contributed by atoms with Crippen molar-refractivity contribution >= 4 is 34.2 Å². The van der Waals surface area contributed by atoms with E-state index in [1.165, 1.54) is 12.5 Å². The zero-order valence-electron chi connectivity index (χ0n) is 7.52. The van der Waals surface area contributed by atoms with Gasteiger partial charge in [-0.25, -0.2) is 9.97 Å². The minimum atomic E-state index is 0.371. The molecule has 0 atom stereocenters. The summed E-state index contributed by atoms with van der Waals surface area (Å²) >= 11 is 8.06. The summed E-state index contributed by atoms with van der Waals surface area (Å²) in [5, 5.41) is 0.400. The van der Waals surface area contributed by atoms with Crippen molar-refractivity contribution in [3.63, 3.8) is 0 Å². The number of hydrogen-bond acceptors (Lipinski definition) is 3. The van der Waals surface area contributed by atoms with Crippen molar-refractivity contribution in [2.24, 2.45) is 0 Å². The first-order valence-corrected chi connectivity index (χ1v) is 5.61. The molecule has 0 radical (unpaired) electrons. The van der Waals surface area contributed by atoms with E-state index in [1.807, 2.05) is 24.3 Å². The van der Waals surface area contributed by atoms with Crippen LogP contribution < -0.4 is 4.74 Å². The van der Waals surface area contributed by atoms with E-state index in [2.05, 4.69) is 32.6 Å². The average Bonchev–Trinajstić information content (AvgIpc) is 2.24. The lowest BCUT2D eigenvalue weighted by atomic mass is 10.3. The third kappa shape index (κ3) is 2.57. The van der Waals surface area contributed by atoms with E-state index in [1.54, 1.807) is 0 Å². The van der Waals surface area contributed by atoms with E-state index in [0.29, 0.717) is 10.9 Å². The van der Waals surface area contributed by atoms with Gasteiger partial charge in [0.25, 0.3) is 0 Å². The number of halogens is 2. The highest BCUT2D eigenvalue weighted by molar-refractivity contribution is 14.1. The quantitative estimate of drug-likeness (QED) is 0.789. The molecule has 2 rings (SSSR count). The molecule has 0 saturated carbocycles. The molecule has 5 heteroatoms. The number of benzene rings is 1. The van der Waals surface area contributed by atoms with E-state index in [4.69, 9.17) is 16.3 Å². The van der Waals surface area contributed by atoms with Crippen molar-refractivity contribution in [1.29, 1.82) is 0 Å². The second-order valence-electron chi connectivity index (χ2n) is 2.71. The van der Waals surface area contributed by atoms with Gasteiger partial charge in [0.1, 0.15) is 17.1 Å². The van der Waals surface area contributed by atoms with Crippen LogP contribution in [-0.2, 0) is 0 Å². The Morgan fingerprint density at radius 1 is 1.27 bits per heavy atom. The lowest BCUT2D eigenvalue weighted by Crippen LogP contribution is -1.91. The van der Waals surface area contributed by atoms with E-state index in [9.17, 15) is 0 Å². The third-order valence-corrected chi connectivity index (χ3v) is 2.83. The summed E-state index contributed by atoms with van der Waals surface area (Å²) in [7, 11) is 0. The number of ether oxygens (including phenoxy) is 1. The fraction of sp³-hybridized carbons (Fsp3) is 0. The minimum Gasteiger partial charge on any atom is -0.436 e. The molecule has 0 bridgehead atoms. The minimum absolute atomic E-state index is 0.371. The van der Waals surface area contributed by atoms with Crippen LogP contribution in [0.1, 0.15) is 0 Å². The average molecular weight is 333 g/mol. The summed E-state index contributed by atoms with van der Waals surface area (Å²) in [5.74, 6) is 1.11. The summed E-state index contributed by atoms with van der Waals surface area (Å²) < 4.78 is 6.55. The second kappa shape index (κ2) is 4.76. The Bertz CT molecular complexity index is 435. The van der Waals surface area contributed by atoms with Crippen molar-refractivity contribution in [2.75, 3.05) is 0 Å². The molecule has 15 heavy (non-hydrogen) atoms. The number of aromatic nitrogens is 2. The molecule has 0 spiro atoms. The highest BCUT2D eigenvalue weighted by atomic mass is 127. The van der Waals surface area contributed by atoms with Gasteiger partial charge in [0.2, 0.25) is 5.88 Å². The van der Waals surface area contributed by atoms with Crippen molar-refractivity contribution in [3.8, 4) is 11.6 Å². The largest absolute Gasteiger partial charge is 0.436 e. The highest BCUT2D eigenvalue weighted by Gasteiger charge is 2.06. The molecule has 0 aliphatic rings. The van der Waals surface area contributed by atoms with Gasteiger partial charge >= 0.3 is 0 Å². The van der Waals surface area contributed by atoms with Crippen LogP contribution in [0.2, 0.25) is 5.02 Å². The van der Waals surface area contributed by atoms with Crippen molar-refractivity contribution < 1.29 is 4.74 Å². The van der Waals surface area contributed by atoms with Crippen molar-refractivity contribution in [2.45, 2.75) is 0 Å². The topological polar surface area (TPSA) is 35.0 Å². The molecule has 0 aliphatic heterocycles. The van der Waals surface area contributed by atoms with Crippen LogP contribution >= 0.6 is 34.2 Å².